The fourth-order valence-electron chi connectivity index (χ4n) is 1.16. The topological polar surface area (TPSA) is 34.4 Å². The second-order valence-electron chi connectivity index (χ2n) is 2.45. The summed E-state index contributed by atoms with van der Waals surface area (Å²) >= 11 is 3.14. The fourth-order valence-corrected chi connectivity index (χ4v) is 1.65. The quantitative estimate of drug-likeness (QED) is 0.567. The van der Waals surface area contributed by atoms with Gasteiger partial charge < -0.3 is 0 Å². The molecule has 0 radical (unpaired) electrons. The fraction of sp³-hybridized carbons (Fsp3) is 0. The van der Waals surface area contributed by atoms with Gasteiger partial charge >= 0.3 is 0 Å². The molecule has 2 rings (SSSR count). The first kappa shape index (κ1) is 8.37. The van der Waals surface area contributed by atoms with Gasteiger partial charge in [-0.15, -0.1) is 0 Å². The van der Waals surface area contributed by atoms with Crippen molar-refractivity contribution in [1.82, 2.24) is 9.38 Å². The van der Waals surface area contributed by atoms with Gasteiger partial charge in [0.2, 0.25) is 0 Å². The van der Waals surface area contributed by atoms with Gasteiger partial charge in [-0.25, -0.2) is 4.98 Å². The Bertz CT molecular complexity index is 480. The van der Waals surface area contributed by atoms with Gasteiger partial charge in [0, 0.05) is 0 Å². The van der Waals surface area contributed by atoms with E-state index >= 15 is 0 Å². The third kappa shape index (κ3) is 1.16. The minimum absolute atomic E-state index is 0.0555. The minimum atomic E-state index is -0.502. The molecule has 3 nitrogen and oxygen atoms in total. The molecular weight excluding hydrogens is 239 g/mol. The standard InChI is InChI=1S/C8H4BrFN2O/c9-8-5-2-1-3-6(10)12(5)7(4-13)11-8/h1-4H. The maximum atomic E-state index is 13.2. The van der Waals surface area contributed by atoms with Crippen molar-refractivity contribution in [2.75, 3.05) is 0 Å². The number of carbonyl (C=O) groups is 1. The van der Waals surface area contributed by atoms with E-state index < -0.39 is 5.95 Å². The molecule has 5 heteroatoms. The van der Waals surface area contributed by atoms with Gasteiger partial charge in [0.25, 0.3) is 0 Å². The highest BCUT2D eigenvalue weighted by molar-refractivity contribution is 9.10. The Morgan fingerprint density at radius 1 is 1.54 bits per heavy atom. The number of nitrogens with zero attached hydrogens (tertiary/aromatic N) is 2. The van der Waals surface area contributed by atoms with Crippen LogP contribution >= 0.6 is 15.9 Å². The summed E-state index contributed by atoms with van der Waals surface area (Å²) in [7, 11) is 0. The van der Waals surface area contributed by atoms with E-state index in [-0.39, 0.29) is 5.82 Å². The van der Waals surface area contributed by atoms with Crippen molar-refractivity contribution in [3.05, 3.63) is 34.6 Å². The Morgan fingerprint density at radius 2 is 2.31 bits per heavy atom. The van der Waals surface area contributed by atoms with Crippen molar-refractivity contribution in [3.63, 3.8) is 0 Å². The molecule has 0 fully saturated rings. The smallest absolute Gasteiger partial charge is 0.200 e. The third-order valence-corrected chi connectivity index (χ3v) is 2.28. The Balaban J connectivity index is 2.96. The number of hydrogen-bond acceptors (Lipinski definition) is 2. The van der Waals surface area contributed by atoms with E-state index in [1.165, 1.54) is 6.07 Å². The van der Waals surface area contributed by atoms with Crippen LogP contribution in [0.4, 0.5) is 4.39 Å². The maximum Gasteiger partial charge on any atom is 0.200 e. The highest BCUT2D eigenvalue weighted by Crippen LogP contribution is 2.19. The van der Waals surface area contributed by atoms with Crippen LogP contribution in [-0.2, 0) is 0 Å². The molecule has 0 spiro atoms. The lowest BCUT2D eigenvalue weighted by Crippen LogP contribution is -1.96. The van der Waals surface area contributed by atoms with Crippen LogP contribution in [0.5, 0.6) is 0 Å². The van der Waals surface area contributed by atoms with Gasteiger partial charge in [0.1, 0.15) is 4.60 Å². The monoisotopic (exact) mass is 242 g/mol. The molecule has 0 unspecified atom stereocenters. The van der Waals surface area contributed by atoms with Gasteiger partial charge in [0.15, 0.2) is 18.1 Å². The summed E-state index contributed by atoms with van der Waals surface area (Å²) in [6.07, 6.45) is 0.515. The first-order chi connectivity index (χ1) is 6.24. The lowest BCUT2D eigenvalue weighted by atomic mass is 10.4. The molecule has 2 aromatic heterocycles. The molecule has 0 N–H and O–H groups in total. The molecule has 0 atom stereocenters. The lowest BCUT2D eigenvalue weighted by Gasteiger charge is -1.95. The summed E-state index contributed by atoms with van der Waals surface area (Å²) in [6.45, 7) is 0. The molecule has 0 aliphatic rings. The molecule has 13 heavy (non-hydrogen) atoms. The highest BCUT2D eigenvalue weighted by Gasteiger charge is 2.10. The van der Waals surface area contributed by atoms with E-state index in [0.29, 0.717) is 16.4 Å². The zero-order chi connectivity index (χ0) is 9.42. The average Bonchev–Trinajstić information content (AvgIpc) is 2.45. The van der Waals surface area contributed by atoms with E-state index in [2.05, 4.69) is 20.9 Å². The molecule has 2 heterocycles. The number of imidazole rings is 1. The number of carbonyl (C=O) groups excluding carboxylic acids is 1. The molecule has 0 aromatic carbocycles. The number of pyridine rings is 1. The minimum Gasteiger partial charge on any atom is -0.294 e. The van der Waals surface area contributed by atoms with Crippen LogP contribution in [0.15, 0.2) is 22.8 Å². The molecule has 0 amide bonds. The normalized spacial score (nSPS) is 10.6. The number of aromatic nitrogens is 2. The van der Waals surface area contributed by atoms with Crippen molar-refractivity contribution >= 4 is 27.7 Å². The first-order valence-corrected chi connectivity index (χ1v) is 4.31. The van der Waals surface area contributed by atoms with Crippen LogP contribution in [0.25, 0.3) is 5.52 Å². The summed E-state index contributed by atoms with van der Waals surface area (Å²) in [6, 6.07) is 4.51. The summed E-state index contributed by atoms with van der Waals surface area (Å²) < 4.78 is 14.8. The molecule has 0 saturated heterocycles. The van der Waals surface area contributed by atoms with Gasteiger partial charge in [-0.05, 0) is 28.1 Å². The van der Waals surface area contributed by atoms with E-state index in [1.807, 2.05) is 0 Å². The maximum absolute atomic E-state index is 13.2. The van der Waals surface area contributed by atoms with Crippen LogP contribution < -0.4 is 0 Å². The van der Waals surface area contributed by atoms with Crippen LogP contribution in [0.3, 0.4) is 0 Å². The van der Waals surface area contributed by atoms with Gasteiger partial charge in [-0.1, -0.05) is 6.07 Å². The lowest BCUT2D eigenvalue weighted by molar-refractivity contribution is 0.111. The van der Waals surface area contributed by atoms with Crippen LogP contribution in [0, 0.1) is 5.95 Å². The van der Waals surface area contributed by atoms with Crippen molar-refractivity contribution in [3.8, 4) is 0 Å². The predicted molar refractivity (Wildman–Crippen MR) is 48.2 cm³/mol. The van der Waals surface area contributed by atoms with Gasteiger partial charge in [-0.3, -0.25) is 9.20 Å². The highest BCUT2D eigenvalue weighted by atomic mass is 79.9. The molecule has 66 valence electrons. The molecule has 0 saturated carbocycles. The van der Waals surface area contributed by atoms with Gasteiger partial charge in [-0.2, -0.15) is 4.39 Å². The largest absolute Gasteiger partial charge is 0.294 e. The van der Waals surface area contributed by atoms with Crippen molar-refractivity contribution in [2.45, 2.75) is 0 Å². The van der Waals surface area contributed by atoms with Crippen molar-refractivity contribution in [1.29, 1.82) is 0 Å². The second kappa shape index (κ2) is 2.92. The zero-order valence-electron chi connectivity index (χ0n) is 6.37. The van der Waals surface area contributed by atoms with Crippen molar-refractivity contribution in [2.24, 2.45) is 0 Å². The van der Waals surface area contributed by atoms with Crippen LogP contribution in [-0.4, -0.2) is 15.7 Å². The van der Waals surface area contributed by atoms with Gasteiger partial charge in [0.05, 0.1) is 5.52 Å². The zero-order valence-corrected chi connectivity index (χ0v) is 7.95. The molecule has 2 aromatic rings. The third-order valence-electron chi connectivity index (χ3n) is 1.70. The Labute approximate surface area is 81.3 Å². The van der Waals surface area contributed by atoms with Crippen LogP contribution in [0.1, 0.15) is 10.6 Å². The Kier molecular flexibility index (Phi) is 1.88. The molecular formula is C8H4BrFN2O. The number of rotatable bonds is 1. The second-order valence-corrected chi connectivity index (χ2v) is 3.20. The SMILES string of the molecule is O=Cc1nc(Br)c2cccc(F)n12. The number of hydrogen-bond donors (Lipinski definition) is 0. The van der Waals surface area contributed by atoms with E-state index in [9.17, 15) is 9.18 Å². The number of aldehydes is 1. The average molecular weight is 243 g/mol. The van der Waals surface area contributed by atoms with E-state index in [1.54, 1.807) is 12.1 Å². The molecule has 0 aliphatic carbocycles. The Morgan fingerprint density at radius 3 is 3.00 bits per heavy atom. The summed E-state index contributed by atoms with van der Waals surface area (Å²) in [5.74, 6) is -0.447. The van der Waals surface area contributed by atoms with Crippen molar-refractivity contribution < 1.29 is 9.18 Å². The first-order valence-electron chi connectivity index (χ1n) is 3.51. The molecule has 0 aliphatic heterocycles. The Hall–Kier alpha value is -1.23. The van der Waals surface area contributed by atoms with Crippen LogP contribution in [0.2, 0.25) is 0 Å². The summed E-state index contributed by atoms with van der Waals surface area (Å²) in [5.41, 5.74) is 0.544. The van der Waals surface area contributed by atoms with E-state index in [4.69, 9.17) is 0 Å². The predicted octanol–water partition coefficient (Wildman–Crippen LogP) is 2.05. The molecule has 0 bridgehead atoms. The summed E-state index contributed by atoms with van der Waals surface area (Å²) in [5, 5.41) is 0. The number of fused-ring (bicyclic) bond motifs is 1. The van der Waals surface area contributed by atoms with E-state index in [0.717, 1.165) is 4.40 Å². The number of halogens is 2. The summed E-state index contributed by atoms with van der Waals surface area (Å²) in [4.78, 5) is 14.4.